The summed E-state index contributed by atoms with van der Waals surface area (Å²) in [6.07, 6.45) is 5.17. The normalized spacial score (nSPS) is 18.7. The Bertz CT molecular complexity index is 273. The summed E-state index contributed by atoms with van der Waals surface area (Å²) in [5, 5.41) is 3.07. The van der Waals surface area contributed by atoms with Crippen LogP contribution in [0.1, 0.15) is 46.0 Å². The lowest BCUT2D eigenvalue weighted by molar-refractivity contribution is -0.121. The van der Waals surface area contributed by atoms with E-state index in [1.54, 1.807) is 0 Å². The average molecular weight is 269 g/mol. The zero-order chi connectivity index (χ0) is 14.4. The first-order chi connectivity index (χ1) is 8.99. The highest BCUT2D eigenvalue weighted by Crippen LogP contribution is 2.32. The molecule has 19 heavy (non-hydrogen) atoms. The molecule has 112 valence electrons. The highest BCUT2D eigenvalue weighted by Gasteiger charge is 2.30. The van der Waals surface area contributed by atoms with Gasteiger partial charge in [0.25, 0.3) is 0 Å². The van der Waals surface area contributed by atoms with Crippen LogP contribution in [0, 0.1) is 11.8 Å². The summed E-state index contributed by atoms with van der Waals surface area (Å²) in [6.45, 7) is 5.17. The largest absolute Gasteiger partial charge is 0.354 e. The van der Waals surface area contributed by atoms with E-state index >= 15 is 0 Å². The third kappa shape index (κ3) is 5.49. The fourth-order valence-corrected chi connectivity index (χ4v) is 2.80. The molecular weight excluding hydrogens is 238 g/mol. The van der Waals surface area contributed by atoms with Crippen molar-refractivity contribution in [3.63, 3.8) is 0 Å². The van der Waals surface area contributed by atoms with E-state index in [9.17, 15) is 4.79 Å². The first-order valence-electron chi connectivity index (χ1n) is 7.68. The summed E-state index contributed by atoms with van der Waals surface area (Å²) in [6, 6.07) is 0.474. The fourth-order valence-electron chi connectivity index (χ4n) is 2.80. The number of hydrogen-bond acceptors (Lipinski definition) is 3. The summed E-state index contributed by atoms with van der Waals surface area (Å²) in [5.74, 6) is 1.33. The van der Waals surface area contributed by atoms with Gasteiger partial charge in [0.2, 0.25) is 5.91 Å². The molecule has 0 aromatic carbocycles. The van der Waals surface area contributed by atoms with Gasteiger partial charge in [-0.1, -0.05) is 26.7 Å². The molecule has 0 spiro atoms. The lowest BCUT2D eigenvalue weighted by Crippen LogP contribution is -2.45. The van der Waals surface area contributed by atoms with E-state index in [1.165, 1.54) is 12.8 Å². The first-order valence-corrected chi connectivity index (χ1v) is 7.68. The van der Waals surface area contributed by atoms with Crippen LogP contribution in [0.2, 0.25) is 0 Å². The van der Waals surface area contributed by atoms with Crippen molar-refractivity contribution in [3.8, 4) is 0 Å². The summed E-state index contributed by atoms with van der Waals surface area (Å²) in [4.78, 5) is 14.1. The quantitative estimate of drug-likeness (QED) is 0.668. The molecule has 1 saturated carbocycles. The van der Waals surface area contributed by atoms with Crippen LogP contribution >= 0.6 is 0 Å². The van der Waals surface area contributed by atoms with Crippen molar-refractivity contribution in [1.82, 2.24) is 10.2 Å². The third-order valence-corrected chi connectivity index (χ3v) is 4.41. The van der Waals surface area contributed by atoms with Gasteiger partial charge in [-0.25, -0.2) is 0 Å². The summed E-state index contributed by atoms with van der Waals surface area (Å²) >= 11 is 0. The molecule has 0 saturated heterocycles. The van der Waals surface area contributed by atoms with Crippen LogP contribution in [0.15, 0.2) is 0 Å². The summed E-state index contributed by atoms with van der Waals surface area (Å²) < 4.78 is 0. The van der Waals surface area contributed by atoms with Gasteiger partial charge in [-0.15, -0.1) is 0 Å². The van der Waals surface area contributed by atoms with Crippen LogP contribution in [0.5, 0.6) is 0 Å². The number of amides is 1. The highest BCUT2D eigenvalue weighted by atomic mass is 16.1. The summed E-state index contributed by atoms with van der Waals surface area (Å²) in [7, 11) is 4.18. The predicted octanol–water partition coefficient (Wildman–Crippen LogP) is 1.60. The molecule has 2 atom stereocenters. The molecule has 0 aromatic rings. The SMILES string of the molecule is CCC(CC)C(CNC(=O)CC(N)C1CC1)N(C)C. The molecule has 0 bridgehead atoms. The van der Waals surface area contributed by atoms with E-state index in [2.05, 4.69) is 38.2 Å². The van der Waals surface area contributed by atoms with E-state index in [1.807, 2.05) is 0 Å². The Balaban J connectivity index is 2.35. The van der Waals surface area contributed by atoms with Crippen molar-refractivity contribution in [3.05, 3.63) is 0 Å². The Hall–Kier alpha value is -0.610. The van der Waals surface area contributed by atoms with Crippen molar-refractivity contribution in [2.75, 3.05) is 20.6 Å². The molecule has 1 rings (SSSR count). The number of nitrogens with two attached hydrogens (primary N) is 1. The molecule has 1 aliphatic rings. The molecule has 0 heterocycles. The van der Waals surface area contributed by atoms with Crippen molar-refractivity contribution in [2.24, 2.45) is 17.6 Å². The maximum absolute atomic E-state index is 11.9. The monoisotopic (exact) mass is 269 g/mol. The Morgan fingerprint density at radius 2 is 1.89 bits per heavy atom. The van der Waals surface area contributed by atoms with Crippen LogP contribution in [0.25, 0.3) is 0 Å². The fraction of sp³-hybridized carbons (Fsp3) is 0.933. The second-order valence-corrected chi connectivity index (χ2v) is 6.12. The zero-order valence-corrected chi connectivity index (χ0v) is 13.0. The Morgan fingerprint density at radius 3 is 2.32 bits per heavy atom. The highest BCUT2D eigenvalue weighted by molar-refractivity contribution is 5.76. The molecule has 1 aliphatic carbocycles. The van der Waals surface area contributed by atoms with Crippen LogP contribution in [0.4, 0.5) is 0 Å². The van der Waals surface area contributed by atoms with Gasteiger partial charge in [0.15, 0.2) is 0 Å². The maximum atomic E-state index is 11.9. The van der Waals surface area contributed by atoms with Crippen molar-refractivity contribution in [1.29, 1.82) is 0 Å². The number of carbonyl (C=O) groups excluding carboxylic acids is 1. The topological polar surface area (TPSA) is 58.4 Å². The number of nitrogens with zero attached hydrogens (tertiary/aromatic N) is 1. The van der Waals surface area contributed by atoms with E-state index in [0.717, 1.165) is 19.4 Å². The van der Waals surface area contributed by atoms with E-state index in [4.69, 9.17) is 5.73 Å². The van der Waals surface area contributed by atoms with E-state index < -0.39 is 0 Å². The number of rotatable bonds is 9. The van der Waals surface area contributed by atoms with Gasteiger partial charge in [0.05, 0.1) is 0 Å². The number of likely N-dealkylation sites (N-methyl/N-ethyl adjacent to an activating group) is 1. The molecule has 0 aromatic heterocycles. The second kappa shape index (κ2) is 7.85. The number of hydrogen-bond donors (Lipinski definition) is 2. The Morgan fingerprint density at radius 1 is 1.32 bits per heavy atom. The first kappa shape index (κ1) is 16.4. The average Bonchev–Trinajstić information content (AvgIpc) is 3.17. The smallest absolute Gasteiger partial charge is 0.221 e. The van der Waals surface area contributed by atoms with Crippen molar-refractivity contribution >= 4 is 5.91 Å². The molecule has 0 radical (unpaired) electrons. The van der Waals surface area contributed by atoms with Crippen molar-refractivity contribution in [2.45, 2.75) is 58.0 Å². The molecule has 2 unspecified atom stereocenters. The standard InChI is InChI=1S/C15H31N3O/c1-5-11(6-2)14(18(3)4)10-17-15(19)9-13(16)12-7-8-12/h11-14H,5-10,16H2,1-4H3,(H,17,19). The van der Waals surface area contributed by atoms with Crippen LogP contribution in [-0.2, 0) is 4.79 Å². The molecule has 0 aliphatic heterocycles. The number of carbonyl (C=O) groups is 1. The second-order valence-electron chi connectivity index (χ2n) is 6.12. The zero-order valence-electron chi connectivity index (χ0n) is 13.0. The molecular formula is C15H31N3O. The van der Waals surface area contributed by atoms with Crippen LogP contribution < -0.4 is 11.1 Å². The molecule has 1 fully saturated rings. The Kier molecular flexibility index (Phi) is 6.80. The lowest BCUT2D eigenvalue weighted by atomic mass is 9.93. The summed E-state index contributed by atoms with van der Waals surface area (Å²) in [5.41, 5.74) is 5.99. The molecule has 4 heteroatoms. The van der Waals surface area contributed by atoms with E-state index in [0.29, 0.717) is 24.3 Å². The minimum atomic E-state index is 0.0611. The maximum Gasteiger partial charge on any atom is 0.221 e. The molecule has 1 amide bonds. The van der Waals surface area contributed by atoms with Gasteiger partial charge in [-0.3, -0.25) is 4.79 Å². The molecule has 3 N–H and O–H groups in total. The molecule has 4 nitrogen and oxygen atoms in total. The van der Waals surface area contributed by atoms with Gasteiger partial charge in [0.1, 0.15) is 0 Å². The van der Waals surface area contributed by atoms with Gasteiger partial charge < -0.3 is 16.0 Å². The minimum Gasteiger partial charge on any atom is -0.354 e. The van der Waals surface area contributed by atoms with E-state index in [-0.39, 0.29) is 11.9 Å². The third-order valence-electron chi connectivity index (χ3n) is 4.41. The van der Waals surface area contributed by atoms with Gasteiger partial charge in [-0.05, 0) is 38.8 Å². The minimum absolute atomic E-state index is 0.0611. The Labute approximate surface area is 118 Å². The number of nitrogens with one attached hydrogen (secondary N) is 1. The van der Waals surface area contributed by atoms with Gasteiger partial charge in [0, 0.05) is 25.0 Å². The van der Waals surface area contributed by atoms with Gasteiger partial charge in [-0.2, -0.15) is 0 Å². The van der Waals surface area contributed by atoms with Gasteiger partial charge >= 0.3 is 0 Å². The van der Waals surface area contributed by atoms with Crippen LogP contribution in [0.3, 0.4) is 0 Å². The lowest BCUT2D eigenvalue weighted by Gasteiger charge is -2.31. The van der Waals surface area contributed by atoms with Crippen LogP contribution in [-0.4, -0.2) is 43.5 Å². The predicted molar refractivity (Wildman–Crippen MR) is 79.9 cm³/mol. The van der Waals surface area contributed by atoms with Crippen molar-refractivity contribution < 1.29 is 4.79 Å².